The predicted octanol–water partition coefficient (Wildman–Crippen LogP) is 4.33. The summed E-state index contributed by atoms with van der Waals surface area (Å²) in [4.78, 5) is 21.2. The molecule has 2 aliphatic carbocycles. The molecule has 2 bridgehead atoms. The van der Waals surface area contributed by atoms with Crippen molar-refractivity contribution in [1.29, 1.82) is 0 Å². The predicted molar refractivity (Wildman–Crippen MR) is 124 cm³/mol. The largest absolute Gasteiger partial charge is 0.434 e. The van der Waals surface area contributed by atoms with Crippen LogP contribution in [0.25, 0.3) is 16.6 Å². The zero-order valence-corrected chi connectivity index (χ0v) is 19.5. The molecule has 4 heterocycles. The topological polar surface area (TPSA) is 102 Å². The lowest BCUT2D eigenvalue weighted by Crippen LogP contribution is -2.50. The Morgan fingerprint density at radius 2 is 1.87 bits per heavy atom. The van der Waals surface area contributed by atoms with Crippen LogP contribution in [-0.4, -0.2) is 43.1 Å². The Hall–Kier alpha value is -4.06. The summed E-state index contributed by atoms with van der Waals surface area (Å²) in [6.45, 7) is -3.05. The van der Waals surface area contributed by atoms with Crippen LogP contribution in [0.5, 0.6) is 5.75 Å². The number of halogens is 4. The number of hydrogen-bond acceptors (Lipinski definition) is 6. The van der Waals surface area contributed by atoms with Crippen LogP contribution in [-0.2, 0) is 5.60 Å². The van der Waals surface area contributed by atoms with Crippen molar-refractivity contribution in [2.45, 2.75) is 49.4 Å². The number of carbonyl (C=O) groups is 1. The molecule has 4 aromatic rings. The van der Waals surface area contributed by atoms with Gasteiger partial charge in [-0.1, -0.05) is 6.07 Å². The van der Waals surface area contributed by atoms with Gasteiger partial charge in [0.2, 0.25) is 0 Å². The van der Waals surface area contributed by atoms with Crippen molar-refractivity contribution in [2.24, 2.45) is 0 Å². The van der Waals surface area contributed by atoms with E-state index in [0.717, 1.165) is 5.56 Å². The van der Waals surface area contributed by atoms with Gasteiger partial charge in [-0.25, -0.2) is 23.3 Å². The minimum absolute atomic E-state index is 0.0508. The molecule has 12 heteroatoms. The van der Waals surface area contributed by atoms with Crippen molar-refractivity contribution >= 4 is 11.4 Å². The van der Waals surface area contributed by atoms with Crippen LogP contribution in [0.4, 0.5) is 17.6 Å². The van der Waals surface area contributed by atoms with Crippen LogP contribution in [0.1, 0.15) is 64.2 Å². The van der Waals surface area contributed by atoms with Crippen molar-refractivity contribution in [2.75, 3.05) is 0 Å². The van der Waals surface area contributed by atoms with Gasteiger partial charge in [-0.15, -0.1) is 0 Å². The molecular formula is C26H19F4N5O3. The summed E-state index contributed by atoms with van der Waals surface area (Å²) < 4.78 is 59.5. The van der Waals surface area contributed by atoms with E-state index in [0.29, 0.717) is 34.3 Å². The molecule has 3 aliphatic rings. The van der Waals surface area contributed by atoms with Crippen molar-refractivity contribution in [3.63, 3.8) is 0 Å². The molecule has 0 radical (unpaired) electrons. The zero-order valence-electron chi connectivity index (χ0n) is 19.5. The van der Waals surface area contributed by atoms with E-state index in [9.17, 15) is 27.5 Å². The minimum atomic E-state index is -3.05. The Morgan fingerprint density at radius 1 is 1.11 bits per heavy atom. The Morgan fingerprint density at radius 3 is 2.58 bits per heavy atom. The molecule has 3 aromatic heterocycles. The fourth-order valence-corrected chi connectivity index (χ4v) is 5.95. The highest BCUT2D eigenvalue weighted by Crippen LogP contribution is 2.52. The quantitative estimate of drug-likeness (QED) is 0.385. The van der Waals surface area contributed by atoms with Crippen molar-refractivity contribution in [3.8, 4) is 16.9 Å². The molecule has 2 atom stereocenters. The average Bonchev–Trinajstić information content (AvgIpc) is 3.34. The Kier molecular flexibility index (Phi) is 4.70. The zero-order chi connectivity index (χ0) is 26.4. The van der Waals surface area contributed by atoms with E-state index in [1.165, 1.54) is 24.5 Å². The summed E-state index contributed by atoms with van der Waals surface area (Å²) in [5.74, 6) is -3.83. The molecule has 1 aromatic carbocycles. The normalized spacial score (nSPS) is 22.4. The number of rotatable bonds is 4. The molecule has 0 unspecified atom stereocenters. The monoisotopic (exact) mass is 525 g/mol. The third kappa shape index (κ3) is 3.39. The summed E-state index contributed by atoms with van der Waals surface area (Å²) in [6, 6.07) is 7.76. The van der Waals surface area contributed by atoms with Gasteiger partial charge in [-0.2, -0.15) is 13.9 Å². The van der Waals surface area contributed by atoms with E-state index in [-0.39, 0.29) is 23.0 Å². The lowest BCUT2D eigenvalue weighted by molar-refractivity contribution is -0.214. The molecule has 1 aliphatic heterocycles. The number of hydrogen-bond donors (Lipinski definition) is 2. The lowest BCUT2D eigenvalue weighted by atomic mass is 9.76. The maximum Gasteiger partial charge on any atom is 0.387 e. The first kappa shape index (κ1) is 23.1. The van der Waals surface area contributed by atoms with Gasteiger partial charge in [0.1, 0.15) is 11.4 Å². The summed E-state index contributed by atoms with van der Waals surface area (Å²) in [5, 5.41) is 18.0. The average molecular weight is 525 g/mol. The van der Waals surface area contributed by atoms with Gasteiger partial charge in [0.15, 0.2) is 5.82 Å². The van der Waals surface area contributed by atoms with Crippen LogP contribution in [0.15, 0.2) is 48.9 Å². The SMILES string of the molecule is O=C1N[C@@H]2C[C@H](c3c(OC(F)F)cccc31)c1c2nn2ccc(-c3cnc(C4(O)CC(F)(F)C4)nc3)cc12. The maximum absolute atomic E-state index is 13.3. The highest BCUT2D eigenvalue weighted by molar-refractivity contribution is 5.98. The number of aliphatic hydroxyl groups is 1. The van der Waals surface area contributed by atoms with Crippen LogP contribution in [0.3, 0.4) is 0 Å². The molecule has 2 N–H and O–H groups in total. The highest BCUT2D eigenvalue weighted by Gasteiger charge is 2.58. The van der Waals surface area contributed by atoms with Gasteiger partial charge in [0, 0.05) is 59.6 Å². The number of aromatic nitrogens is 4. The first-order valence-electron chi connectivity index (χ1n) is 12.0. The fourth-order valence-electron chi connectivity index (χ4n) is 5.95. The van der Waals surface area contributed by atoms with Gasteiger partial charge >= 0.3 is 6.61 Å². The van der Waals surface area contributed by atoms with E-state index < -0.39 is 42.9 Å². The number of fused-ring (bicyclic) bond motifs is 9. The first-order valence-corrected chi connectivity index (χ1v) is 12.0. The molecule has 0 saturated heterocycles. The maximum atomic E-state index is 13.3. The standard InChI is InChI=1S/C26H19F4N5O3/c27-24(28)38-18-3-1-2-14-19(18)15-7-16(33-22(14)36)21-20(15)17-6-12(4-5-35(17)34-21)13-8-31-23(32-9-13)25(37)10-26(29,30)11-25/h1-6,8-9,15-16,24,37H,7,10-11H2,(H,33,36)/t15-,16-/m1/s1. The second kappa shape index (κ2) is 7.73. The summed E-state index contributed by atoms with van der Waals surface area (Å²) in [5.41, 5.74) is 2.38. The number of pyridine rings is 1. The van der Waals surface area contributed by atoms with Crippen LogP contribution in [0.2, 0.25) is 0 Å². The minimum Gasteiger partial charge on any atom is -0.434 e. The summed E-state index contributed by atoms with van der Waals surface area (Å²) >= 11 is 0. The second-order valence-electron chi connectivity index (χ2n) is 9.99. The van der Waals surface area contributed by atoms with Crippen molar-refractivity contribution in [1.82, 2.24) is 24.9 Å². The molecule has 1 amide bonds. The van der Waals surface area contributed by atoms with Crippen LogP contribution >= 0.6 is 0 Å². The first-order chi connectivity index (χ1) is 18.1. The smallest absolute Gasteiger partial charge is 0.387 e. The number of carbonyl (C=O) groups excluding carboxylic acids is 1. The van der Waals surface area contributed by atoms with Gasteiger partial charge in [-0.3, -0.25) is 4.79 Å². The number of alkyl halides is 4. The van der Waals surface area contributed by atoms with Gasteiger partial charge in [0.05, 0.1) is 17.3 Å². The number of nitrogens with one attached hydrogen (secondary N) is 1. The molecule has 7 rings (SSSR count). The highest BCUT2D eigenvalue weighted by atomic mass is 19.3. The van der Waals surface area contributed by atoms with E-state index >= 15 is 0 Å². The molecular weight excluding hydrogens is 506 g/mol. The van der Waals surface area contributed by atoms with E-state index in [4.69, 9.17) is 4.74 Å². The molecule has 194 valence electrons. The Labute approximate surface area is 212 Å². The molecule has 8 nitrogen and oxygen atoms in total. The van der Waals surface area contributed by atoms with E-state index in [1.807, 2.05) is 6.07 Å². The van der Waals surface area contributed by atoms with Crippen molar-refractivity contribution < 1.29 is 32.2 Å². The molecule has 1 saturated carbocycles. The number of ether oxygens (including phenoxy) is 1. The Balaban J connectivity index is 1.31. The van der Waals surface area contributed by atoms with Crippen LogP contribution < -0.4 is 10.1 Å². The number of nitrogens with zero attached hydrogens (tertiary/aromatic N) is 4. The molecule has 0 spiro atoms. The third-order valence-electron chi connectivity index (χ3n) is 7.54. The Bertz CT molecular complexity index is 1610. The second-order valence-corrected chi connectivity index (χ2v) is 9.99. The van der Waals surface area contributed by atoms with Crippen LogP contribution in [0, 0.1) is 0 Å². The van der Waals surface area contributed by atoms with Gasteiger partial charge < -0.3 is 15.2 Å². The van der Waals surface area contributed by atoms with Gasteiger partial charge in [-0.05, 0) is 36.2 Å². The fraction of sp³-hybridized carbons (Fsp3) is 0.308. The summed E-state index contributed by atoms with van der Waals surface area (Å²) in [7, 11) is 0. The van der Waals surface area contributed by atoms with E-state index in [1.54, 1.807) is 22.8 Å². The van der Waals surface area contributed by atoms with E-state index in [2.05, 4.69) is 20.4 Å². The number of benzene rings is 1. The number of amides is 1. The summed E-state index contributed by atoms with van der Waals surface area (Å²) in [6.07, 6.45) is 3.67. The third-order valence-corrected chi connectivity index (χ3v) is 7.54. The molecule has 38 heavy (non-hydrogen) atoms. The van der Waals surface area contributed by atoms with Crippen molar-refractivity contribution in [3.05, 3.63) is 77.1 Å². The lowest BCUT2D eigenvalue weighted by Gasteiger charge is -2.41. The molecule has 1 fully saturated rings. The van der Waals surface area contributed by atoms with Gasteiger partial charge in [0.25, 0.3) is 11.8 Å².